The molecular formula is C21H13Cl2F2N3O3S. The van der Waals surface area contributed by atoms with Crippen molar-refractivity contribution in [2.75, 3.05) is 6.26 Å². The van der Waals surface area contributed by atoms with E-state index in [1.165, 1.54) is 10.6 Å². The van der Waals surface area contributed by atoms with Gasteiger partial charge in [0, 0.05) is 33.8 Å². The quantitative estimate of drug-likeness (QED) is 0.433. The third-order valence-electron chi connectivity index (χ3n) is 4.59. The number of pyridine rings is 1. The van der Waals surface area contributed by atoms with Crippen LogP contribution in [0.3, 0.4) is 0 Å². The van der Waals surface area contributed by atoms with Gasteiger partial charge < -0.3 is 0 Å². The molecule has 0 fully saturated rings. The topological polar surface area (TPSA) is 81.1 Å². The second kappa shape index (κ2) is 8.16. The van der Waals surface area contributed by atoms with Crippen molar-refractivity contribution in [3.05, 3.63) is 82.1 Å². The molecule has 0 unspecified atom stereocenters. The molecule has 6 nitrogen and oxygen atoms in total. The summed E-state index contributed by atoms with van der Waals surface area (Å²) in [6.45, 7) is 0. The van der Waals surface area contributed by atoms with E-state index in [0.29, 0.717) is 21.5 Å². The van der Waals surface area contributed by atoms with Crippen LogP contribution in [0, 0.1) is 11.6 Å². The van der Waals surface area contributed by atoms with Crippen molar-refractivity contribution in [1.29, 1.82) is 0 Å². The van der Waals surface area contributed by atoms with Crippen LogP contribution in [0.25, 0.3) is 27.8 Å². The Hall–Kier alpha value is -3.01. The van der Waals surface area contributed by atoms with Crippen molar-refractivity contribution in [2.45, 2.75) is 0 Å². The number of hydrogen-bond donors (Lipinski definition) is 1. The molecule has 0 aliphatic carbocycles. The molecule has 11 heteroatoms. The molecule has 2 heterocycles. The molecule has 0 atom stereocenters. The smallest absolute Gasteiger partial charge is 0.267 e. The van der Waals surface area contributed by atoms with Gasteiger partial charge in [-0.2, -0.15) is 0 Å². The fraction of sp³-hybridized carbons (Fsp3) is 0.0476. The lowest BCUT2D eigenvalue weighted by Gasteiger charge is -2.11. The normalized spacial score (nSPS) is 11.7. The predicted octanol–water partition coefficient (Wildman–Crippen LogP) is 4.97. The molecule has 164 valence electrons. The molecule has 4 aromatic rings. The van der Waals surface area contributed by atoms with Crippen molar-refractivity contribution < 1.29 is 22.0 Å². The second-order valence-electron chi connectivity index (χ2n) is 6.90. The maximum absolute atomic E-state index is 14.8. The van der Waals surface area contributed by atoms with Crippen molar-refractivity contribution in [3.63, 3.8) is 0 Å². The monoisotopic (exact) mass is 495 g/mol. The van der Waals surface area contributed by atoms with Crippen LogP contribution in [0.1, 0.15) is 10.4 Å². The number of amides is 1. The molecule has 32 heavy (non-hydrogen) atoms. The summed E-state index contributed by atoms with van der Waals surface area (Å²) in [7, 11) is -3.90. The van der Waals surface area contributed by atoms with Crippen LogP contribution in [-0.2, 0) is 10.0 Å². The molecule has 0 spiro atoms. The van der Waals surface area contributed by atoms with Crippen LogP contribution < -0.4 is 4.72 Å². The second-order valence-corrected chi connectivity index (χ2v) is 9.47. The van der Waals surface area contributed by atoms with Crippen LogP contribution in [0.15, 0.2) is 54.9 Å². The maximum atomic E-state index is 14.8. The lowest BCUT2D eigenvalue weighted by molar-refractivity contribution is 0.0978. The van der Waals surface area contributed by atoms with Gasteiger partial charge in [0.25, 0.3) is 5.91 Å². The molecule has 0 saturated heterocycles. The number of halogens is 4. The number of hydrogen-bond acceptors (Lipinski definition) is 4. The first-order valence-electron chi connectivity index (χ1n) is 8.98. The summed E-state index contributed by atoms with van der Waals surface area (Å²) in [4.78, 5) is 16.2. The van der Waals surface area contributed by atoms with E-state index in [0.717, 1.165) is 24.6 Å². The first-order chi connectivity index (χ1) is 15.0. The summed E-state index contributed by atoms with van der Waals surface area (Å²) in [6.07, 6.45) is 3.36. The van der Waals surface area contributed by atoms with E-state index in [1.54, 1.807) is 35.2 Å². The molecule has 1 N–H and O–H groups in total. The number of benzene rings is 2. The van der Waals surface area contributed by atoms with Crippen LogP contribution in [0.5, 0.6) is 0 Å². The Bertz CT molecular complexity index is 1500. The molecule has 1 amide bonds. The van der Waals surface area contributed by atoms with E-state index >= 15 is 0 Å². The molecule has 2 aromatic carbocycles. The Morgan fingerprint density at radius 3 is 2.47 bits per heavy atom. The van der Waals surface area contributed by atoms with Crippen molar-refractivity contribution >= 4 is 50.2 Å². The highest BCUT2D eigenvalue weighted by Gasteiger charge is 2.21. The minimum atomic E-state index is -3.90. The number of nitrogens with one attached hydrogen (secondary N) is 1. The Balaban J connectivity index is 1.92. The molecular weight excluding hydrogens is 483 g/mol. The van der Waals surface area contributed by atoms with Gasteiger partial charge in [-0.05, 0) is 18.2 Å². The number of carbonyl (C=O) groups is 1. The maximum Gasteiger partial charge on any atom is 0.267 e. The molecule has 4 rings (SSSR count). The molecule has 0 bridgehead atoms. The van der Waals surface area contributed by atoms with E-state index < -0.39 is 33.1 Å². The van der Waals surface area contributed by atoms with Gasteiger partial charge >= 0.3 is 0 Å². The van der Waals surface area contributed by atoms with Gasteiger partial charge in [0.15, 0.2) is 0 Å². The summed E-state index contributed by atoms with van der Waals surface area (Å²) in [6, 6.07) is 10.2. The first kappa shape index (κ1) is 22.2. The van der Waals surface area contributed by atoms with Gasteiger partial charge in [-0.25, -0.2) is 26.9 Å². The van der Waals surface area contributed by atoms with E-state index in [1.807, 2.05) is 0 Å². The van der Waals surface area contributed by atoms with Crippen molar-refractivity contribution in [2.24, 2.45) is 0 Å². The number of sulfonamides is 1. The molecule has 0 aliphatic heterocycles. The molecule has 2 aromatic heterocycles. The SMILES string of the molecule is CS(=O)(=O)NC(=O)c1cc(Cl)c(-n2cc(-c3ccccc3Cl)c3cc(F)cnc32)cc1F. The van der Waals surface area contributed by atoms with E-state index in [4.69, 9.17) is 23.2 Å². The standard InChI is InChI=1S/C21H13Cl2F2N3O3S/c1-32(30,31)27-21(29)14-7-17(23)19(8-18(14)25)28-10-15(12-4-2-3-5-16(12)22)13-6-11(24)9-26-20(13)28/h2-10H,1H3,(H,27,29). The number of carbonyl (C=O) groups excluding carboxylic acids is 1. The van der Waals surface area contributed by atoms with E-state index in [-0.39, 0.29) is 16.4 Å². The first-order valence-corrected chi connectivity index (χ1v) is 11.6. The average molecular weight is 496 g/mol. The van der Waals surface area contributed by atoms with Crippen LogP contribution in [0.2, 0.25) is 10.0 Å². The highest BCUT2D eigenvalue weighted by Crippen LogP contribution is 2.37. The number of fused-ring (bicyclic) bond motifs is 1. The lowest BCUT2D eigenvalue weighted by Crippen LogP contribution is -2.30. The fourth-order valence-corrected chi connectivity index (χ4v) is 4.22. The van der Waals surface area contributed by atoms with Gasteiger partial charge in [-0.15, -0.1) is 0 Å². The van der Waals surface area contributed by atoms with Gasteiger partial charge in [0.2, 0.25) is 10.0 Å². The Kier molecular flexibility index (Phi) is 5.66. The van der Waals surface area contributed by atoms with Gasteiger partial charge in [0.1, 0.15) is 17.3 Å². The summed E-state index contributed by atoms with van der Waals surface area (Å²) in [5.41, 5.74) is 0.975. The minimum absolute atomic E-state index is 0.0567. The van der Waals surface area contributed by atoms with Gasteiger partial charge in [-0.3, -0.25) is 9.36 Å². The summed E-state index contributed by atoms with van der Waals surface area (Å²) < 4.78 is 54.5. The minimum Gasteiger partial charge on any atom is -0.299 e. The lowest BCUT2D eigenvalue weighted by atomic mass is 10.1. The van der Waals surface area contributed by atoms with Crippen LogP contribution in [-0.4, -0.2) is 30.1 Å². The van der Waals surface area contributed by atoms with Gasteiger partial charge in [-0.1, -0.05) is 41.4 Å². The summed E-state index contributed by atoms with van der Waals surface area (Å²) >= 11 is 12.6. The number of aromatic nitrogens is 2. The zero-order valence-electron chi connectivity index (χ0n) is 16.2. The highest BCUT2D eigenvalue weighted by atomic mass is 35.5. The zero-order valence-corrected chi connectivity index (χ0v) is 18.6. The number of nitrogens with zero attached hydrogens (tertiary/aromatic N) is 2. The third kappa shape index (κ3) is 4.19. The summed E-state index contributed by atoms with van der Waals surface area (Å²) in [5, 5.41) is 0.771. The zero-order chi connectivity index (χ0) is 23.2. The number of rotatable bonds is 4. The molecule has 0 radical (unpaired) electrons. The van der Waals surface area contributed by atoms with Crippen molar-refractivity contribution in [3.8, 4) is 16.8 Å². The van der Waals surface area contributed by atoms with Crippen LogP contribution >= 0.6 is 23.2 Å². The highest BCUT2D eigenvalue weighted by molar-refractivity contribution is 7.89. The fourth-order valence-electron chi connectivity index (χ4n) is 3.28. The predicted molar refractivity (Wildman–Crippen MR) is 119 cm³/mol. The largest absolute Gasteiger partial charge is 0.299 e. The average Bonchev–Trinajstić information content (AvgIpc) is 3.06. The summed E-state index contributed by atoms with van der Waals surface area (Å²) in [5.74, 6) is -2.74. The van der Waals surface area contributed by atoms with Crippen LogP contribution in [0.4, 0.5) is 8.78 Å². The van der Waals surface area contributed by atoms with Crippen molar-refractivity contribution in [1.82, 2.24) is 14.3 Å². The van der Waals surface area contributed by atoms with E-state index in [9.17, 15) is 22.0 Å². The molecule has 0 aliphatic rings. The Morgan fingerprint density at radius 2 is 1.78 bits per heavy atom. The Labute approximate surface area is 191 Å². The van der Waals surface area contributed by atoms with Gasteiger partial charge in [0.05, 0.1) is 28.7 Å². The van der Waals surface area contributed by atoms with E-state index in [2.05, 4.69) is 4.98 Å². The third-order valence-corrected chi connectivity index (χ3v) is 5.78. The Morgan fingerprint density at radius 1 is 1.06 bits per heavy atom. The molecule has 0 saturated carbocycles.